The second-order valence-corrected chi connectivity index (χ2v) is 10.7. The third kappa shape index (κ3) is 5.69. The van der Waals surface area contributed by atoms with E-state index >= 15 is 0 Å². The molecule has 1 amide bonds. The second-order valence-electron chi connectivity index (χ2n) is 10.7. The van der Waals surface area contributed by atoms with Crippen LogP contribution in [0.15, 0.2) is 72.3 Å². The summed E-state index contributed by atoms with van der Waals surface area (Å²) in [6.07, 6.45) is 0.000124. The van der Waals surface area contributed by atoms with Gasteiger partial charge in [0, 0.05) is 31.0 Å². The van der Waals surface area contributed by atoms with Crippen LogP contribution < -0.4 is 19.3 Å². The molecular formula is C33H38N2O5. The Labute approximate surface area is 236 Å². The fourth-order valence-corrected chi connectivity index (χ4v) is 4.92. The number of Topliss-reactive ketones (excluding diaryl/α,β-unsaturated/α-hetero) is 1. The molecule has 3 aromatic carbocycles. The summed E-state index contributed by atoms with van der Waals surface area (Å²) in [6.45, 7) is 10.4. The number of amides is 1. The highest BCUT2D eigenvalue weighted by Gasteiger charge is 2.47. The lowest BCUT2D eigenvalue weighted by molar-refractivity contribution is -0.132. The molecule has 1 N–H and O–H groups in total. The zero-order valence-electron chi connectivity index (χ0n) is 24.3. The average Bonchev–Trinajstić information content (AvgIpc) is 3.18. The van der Waals surface area contributed by atoms with Crippen molar-refractivity contribution in [3.8, 4) is 11.5 Å². The predicted octanol–water partition coefficient (Wildman–Crippen LogP) is 6.69. The van der Waals surface area contributed by atoms with Gasteiger partial charge in [-0.25, -0.2) is 0 Å². The first-order chi connectivity index (χ1) is 19.0. The molecule has 0 bridgehead atoms. The lowest BCUT2D eigenvalue weighted by Gasteiger charge is -2.26. The van der Waals surface area contributed by atoms with Gasteiger partial charge in [0.25, 0.3) is 11.7 Å². The van der Waals surface area contributed by atoms with Crippen molar-refractivity contribution in [1.82, 2.24) is 0 Å². The van der Waals surface area contributed by atoms with E-state index in [9.17, 15) is 14.7 Å². The maximum absolute atomic E-state index is 13.6. The van der Waals surface area contributed by atoms with Gasteiger partial charge in [-0.3, -0.25) is 14.5 Å². The van der Waals surface area contributed by atoms with Crippen LogP contribution in [0.5, 0.6) is 11.5 Å². The van der Waals surface area contributed by atoms with Gasteiger partial charge in [0.1, 0.15) is 17.3 Å². The Morgan fingerprint density at radius 3 is 2.15 bits per heavy atom. The van der Waals surface area contributed by atoms with Crippen LogP contribution in [0.1, 0.15) is 63.3 Å². The number of benzene rings is 3. The quantitative estimate of drug-likeness (QED) is 0.184. The molecule has 0 aromatic heterocycles. The molecule has 7 heteroatoms. The maximum atomic E-state index is 13.6. The van der Waals surface area contributed by atoms with Gasteiger partial charge in [-0.15, -0.1) is 0 Å². The average molecular weight is 543 g/mol. The first kappa shape index (κ1) is 28.7. The maximum Gasteiger partial charge on any atom is 0.300 e. The normalized spacial score (nSPS) is 16.6. The number of hydrogen-bond donors (Lipinski definition) is 1. The molecule has 1 saturated heterocycles. The fraction of sp³-hybridized carbons (Fsp3) is 0.333. The van der Waals surface area contributed by atoms with Gasteiger partial charge in [0.15, 0.2) is 0 Å². The third-order valence-corrected chi connectivity index (χ3v) is 6.86. The van der Waals surface area contributed by atoms with E-state index in [1.165, 1.54) is 4.90 Å². The van der Waals surface area contributed by atoms with Gasteiger partial charge in [0.05, 0.1) is 24.3 Å². The molecule has 0 saturated carbocycles. The Bertz CT molecular complexity index is 1410. The standard InChI is InChI=1S/C33H38N2O5/c1-8-39-28-18-11-23(19-27(28)20(2)3)31(36)29-30(22-9-12-24(13-10-22)34(6)7)35(33(38)32(29)37)25-14-16-26(17-15-25)40-21(4)5/h9-21,30,36H,8H2,1-7H3/b31-29-. The number of hydrogen-bond acceptors (Lipinski definition) is 6. The molecule has 7 nitrogen and oxygen atoms in total. The highest BCUT2D eigenvalue weighted by atomic mass is 16.5. The molecule has 1 fully saturated rings. The number of aliphatic hydroxyl groups excluding tert-OH is 1. The topological polar surface area (TPSA) is 79.3 Å². The molecule has 4 rings (SSSR count). The molecule has 40 heavy (non-hydrogen) atoms. The Morgan fingerprint density at radius 2 is 1.60 bits per heavy atom. The van der Waals surface area contributed by atoms with Gasteiger partial charge < -0.3 is 19.5 Å². The molecule has 3 aromatic rings. The van der Waals surface area contributed by atoms with Gasteiger partial charge >= 0.3 is 0 Å². The van der Waals surface area contributed by atoms with Crippen LogP contribution in [0, 0.1) is 0 Å². The van der Waals surface area contributed by atoms with Crippen molar-refractivity contribution in [2.45, 2.75) is 52.7 Å². The number of rotatable bonds is 9. The highest BCUT2D eigenvalue weighted by molar-refractivity contribution is 6.51. The lowest BCUT2D eigenvalue weighted by atomic mass is 9.93. The van der Waals surface area contributed by atoms with Crippen molar-refractivity contribution in [2.24, 2.45) is 0 Å². The first-order valence-electron chi connectivity index (χ1n) is 13.7. The van der Waals surface area contributed by atoms with Crippen molar-refractivity contribution >= 4 is 28.8 Å². The third-order valence-electron chi connectivity index (χ3n) is 6.86. The molecule has 1 atom stereocenters. The monoisotopic (exact) mass is 542 g/mol. The second kappa shape index (κ2) is 11.9. The zero-order chi connectivity index (χ0) is 29.1. The minimum atomic E-state index is -0.817. The van der Waals surface area contributed by atoms with Gasteiger partial charge in [-0.2, -0.15) is 0 Å². The SMILES string of the molecule is CCOc1ccc(/C(O)=C2/C(=O)C(=O)N(c3ccc(OC(C)C)cc3)C2c2ccc(N(C)C)cc2)cc1C(C)C. The van der Waals surface area contributed by atoms with Gasteiger partial charge in [-0.1, -0.05) is 26.0 Å². The summed E-state index contributed by atoms with van der Waals surface area (Å²) in [5.74, 6) is -0.130. The summed E-state index contributed by atoms with van der Waals surface area (Å²) >= 11 is 0. The number of carbonyl (C=O) groups excluding carboxylic acids is 2. The number of nitrogens with zero attached hydrogens (tertiary/aromatic N) is 2. The summed E-state index contributed by atoms with van der Waals surface area (Å²) < 4.78 is 11.6. The Morgan fingerprint density at radius 1 is 0.950 bits per heavy atom. The summed E-state index contributed by atoms with van der Waals surface area (Å²) in [7, 11) is 3.89. The van der Waals surface area contributed by atoms with Crippen LogP contribution in [-0.4, -0.2) is 43.6 Å². The predicted molar refractivity (Wildman–Crippen MR) is 159 cm³/mol. The number of ether oxygens (including phenoxy) is 2. The van der Waals surface area contributed by atoms with Crippen molar-refractivity contribution in [1.29, 1.82) is 0 Å². The largest absolute Gasteiger partial charge is 0.507 e. The first-order valence-corrected chi connectivity index (χ1v) is 13.7. The van der Waals surface area contributed by atoms with E-state index in [1.807, 2.05) is 83.9 Å². The van der Waals surface area contributed by atoms with Crippen LogP contribution >= 0.6 is 0 Å². The molecule has 1 aliphatic heterocycles. The fourth-order valence-electron chi connectivity index (χ4n) is 4.92. The minimum absolute atomic E-state index is 0.000124. The van der Waals surface area contributed by atoms with Crippen molar-refractivity contribution in [3.63, 3.8) is 0 Å². The number of aliphatic hydroxyl groups is 1. The van der Waals surface area contributed by atoms with Gasteiger partial charge in [-0.05, 0) is 92.4 Å². The lowest BCUT2D eigenvalue weighted by Crippen LogP contribution is -2.29. The molecular weight excluding hydrogens is 504 g/mol. The van der Waals surface area contributed by atoms with Crippen molar-refractivity contribution < 1.29 is 24.2 Å². The van der Waals surface area contributed by atoms with Crippen LogP contribution in [-0.2, 0) is 9.59 Å². The number of ketones is 1. The smallest absolute Gasteiger partial charge is 0.300 e. The Kier molecular flexibility index (Phi) is 8.52. The molecule has 0 aliphatic carbocycles. The summed E-state index contributed by atoms with van der Waals surface area (Å²) in [5.41, 5.74) is 3.64. The molecule has 1 unspecified atom stereocenters. The minimum Gasteiger partial charge on any atom is -0.507 e. The molecule has 1 aliphatic rings. The Hall–Kier alpha value is -4.26. The molecule has 1 heterocycles. The molecule has 0 spiro atoms. The summed E-state index contributed by atoms with van der Waals surface area (Å²) in [4.78, 5) is 30.6. The van der Waals surface area contributed by atoms with Gasteiger partial charge in [0.2, 0.25) is 0 Å². The van der Waals surface area contributed by atoms with E-state index in [0.29, 0.717) is 29.2 Å². The Balaban J connectivity index is 1.88. The molecule has 210 valence electrons. The number of anilines is 2. The van der Waals surface area contributed by atoms with Crippen LogP contribution in [0.3, 0.4) is 0 Å². The van der Waals surface area contributed by atoms with E-state index in [1.54, 1.807) is 36.4 Å². The van der Waals surface area contributed by atoms with Crippen LogP contribution in [0.2, 0.25) is 0 Å². The van der Waals surface area contributed by atoms with E-state index in [2.05, 4.69) is 0 Å². The highest BCUT2D eigenvalue weighted by Crippen LogP contribution is 2.43. The number of carbonyl (C=O) groups is 2. The van der Waals surface area contributed by atoms with Crippen LogP contribution in [0.25, 0.3) is 5.76 Å². The van der Waals surface area contributed by atoms with Crippen molar-refractivity contribution in [3.05, 3.63) is 89.0 Å². The van der Waals surface area contributed by atoms with Crippen molar-refractivity contribution in [2.75, 3.05) is 30.5 Å². The van der Waals surface area contributed by atoms with Crippen LogP contribution in [0.4, 0.5) is 11.4 Å². The van der Waals surface area contributed by atoms with E-state index in [0.717, 1.165) is 17.0 Å². The molecule has 0 radical (unpaired) electrons. The van der Waals surface area contributed by atoms with E-state index < -0.39 is 17.7 Å². The summed E-state index contributed by atoms with van der Waals surface area (Å²) in [6, 6.07) is 19.3. The zero-order valence-corrected chi connectivity index (χ0v) is 24.3. The van der Waals surface area contributed by atoms with E-state index in [-0.39, 0.29) is 23.4 Å². The summed E-state index contributed by atoms with van der Waals surface area (Å²) in [5, 5.41) is 11.6. The van der Waals surface area contributed by atoms with E-state index in [4.69, 9.17) is 9.47 Å².